The highest BCUT2D eigenvalue weighted by Gasteiger charge is 2.38. The normalized spacial score (nSPS) is 20.5. The summed E-state index contributed by atoms with van der Waals surface area (Å²) < 4.78 is 7.86. The highest BCUT2D eigenvalue weighted by atomic mass is 16.3. The number of aromatic nitrogens is 2. The van der Waals surface area contributed by atoms with Crippen LogP contribution in [-0.2, 0) is 11.8 Å². The average Bonchev–Trinajstić information content (AvgIpc) is 3.43. The summed E-state index contributed by atoms with van der Waals surface area (Å²) in [6.45, 7) is 6.39. The van der Waals surface area contributed by atoms with E-state index in [0.717, 1.165) is 35.3 Å². The van der Waals surface area contributed by atoms with E-state index in [1.54, 1.807) is 4.68 Å². The molecule has 1 N–H and O–H groups in total. The summed E-state index contributed by atoms with van der Waals surface area (Å²) in [4.78, 5) is 15.6. The molecule has 6 nitrogen and oxygen atoms in total. The molecule has 1 aromatic carbocycles. The van der Waals surface area contributed by atoms with Crippen LogP contribution in [-0.4, -0.2) is 40.2 Å². The molecule has 4 rings (SSSR count). The van der Waals surface area contributed by atoms with Crippen molar-refractivity contribution in [3.8, 4) is 0 Å². The van der Waals surface area contributed by atoms with Crippen LogP contribution in [0.5, 0.6) is 0 Å². The fourth-order valence-electron chi connectivity index (χ4n) is 4.23. The molecule has 0 aliphatic carbocycles. The Balaban J connectivity index is 1.60. The van der Waals surface area contributed by atoms with Crippen LogP contribution in [0.1, 0.15) is 43.6 Å². The highest BCUT2D eigenvalue weighted by molar-refractivity contribution is 5.82. The molecule has 148 valence electrons. The number of benzene rings is 1. The number of carbonyl (C=O) groups excluding carboxylic acids is 1. The molecule has 0 spiro atoms. The quantitative estimate of drug-likeness (QED) is 0.711. The van der Waals surface area contributed by atoms with Gasteiger partial charge in [-0.15, -0.1) is 0 Å². The molecule has 1 aliphatic rings. The van der Waals surface area contributed by atoms with Crippen molar-refractivity contribution in [1.82, 2.24) is 20.0 Å². The van der Waals surface area contributed by atoms with Gasteiger partial charge < -0.3 is 14.6 Å². The Morgan fingerprint density at radius 3 is 2.93 bits per heavy atom. The lowest BCUT2D eigenvalue weighted by atomic mass is 9.89. The molecule has 1 unspecified atom stereocenters. The molecule has 0 radical (unpaired) electrons. The lowest BCUT2D eigenvalue weighted by Crippen LogP contribution is -2.40. The Morgan fingerprint density at radius 2 is 2.21 bits per heavy atom. The van der Waals surface area contributed by atoms with Crippen LogP contribution in [0.2, 0.25) is 0 Å². The Hall–Kier alpha value is -2.60. The molecule has 1 amide bonds. The largest absolute Gasteiger partial charge is 0.459 e. The number of hydrogen-bond donors (Lipinski definition) is 1. The highest BCUT2D eigenvalue weighted by Crippen LogP contribution is 2.33. The van der Waals surface area contributed by atoms with Crippen molar-refractivity contribution in [2.75, 3.05) is 19.6 Å². The van der Waals surface area contributed by atoms with E-state index >= 15 is 0 Å². The number of aryl methyl sites for hydroxylation is 1. The van der Waals surface area contributed by atoms with Crippen LogP contribution in [0.25, 0.3) is 11.0 Å². The zero-order chi connectivity index (χ0) is 19.7. The molecule has 6 heteroatoms. The number of nitrogens with zero attached hydrogens (tertiary/aromatic N) is 3. The topological polar surface area (TPSA) is 63.3 Å². The van der Waals surface area contributed by atoms with E-state index in [2.05, 4.69) is 30.3 Å². The molecular weight excluding hydrogens is 352 g/mol. The summed E-state index contributed by atoms with van der Waals surface area (Å²) in [7, 11) is 1.91. The van der Waals surface area contributed by atoms with E-state index < -0.39 is 0 Å². The molecule has 3 atom stereocenters. The fourth-order valence-corrected chi connectivity index (χ4v) is 4.23. The van der Waals surface area contributed by atoms with Crippen LogP contribution < -0.4 is 5.32 Å². The van der Waals surface area contributed by atoms with Crippen molar-refractivity contribution in [1.29, 1.82) is 0 Å². The summed E-state index contributed by atoms with van der Waals surface area (Å²) >= 11 is 0. The second-order valence-electron chi connectivity index (χ2n) is 7.71. The predicted octanol–water partition coefficient (Wildman–Crippen LogP) is 3.47. The monoisotopic (exact) mass is 380 g/mol. The molecule has 1 saturated heterocycles. The molecular formula is C22H28N4O2. The Kier molecular flexibility index (Phi) is 5.22. The fraction of sp³-hybridized carbons (Fsp3) is 0.455. The van der Waals surface area contributed by atoms with E-state index in [-0.39, 0.29) is 23.8 Å². The first-order valence-electron chi connectivity index (χ1n) is 10.1. The zero-order valence-electron chi connectivity index (χ0n) is 16.8. The van der Waals surface area contributed by atoms with Gasteiger partial charge in [0.2, 0.25) is 5.91 Å². The maximum atomic E-state index is 13.6. The second-order valence-corrected chi connectivity index (χ2v) is 7.71. The van der Waals surface area contributed by atoms with Crippen molar-refractivity contribution in [3.05, 3.63) is 54.0 Å². The molecule has 2 aromatic heterocycles. The molecule has 3 heterocycles. The zero-order valence-corrected chi connectivity index (χ0v) is 16.8. The summed E-state index contributed by atoms with van der Waals surface area (Å²) in [6, 6.07) is 9.94. The first-order valence-corrected chi connectivity index (χ1v) is 10.1. The van der Waals surface area contributed by atoms with Gasteiger partial charge in [0.15, 0.2) is 0 Å². The van der Waals surface area contributed by atoms with E-state index in [4.69, 9.17) is 4.42 Å². The van der Waals surface area contributed by atoms with Crippen molar-refractivity contribution in [2.24, 2.45) is 13.0 Å². The van der Waals surface area contributed by atoms with Crippen LogP contribution in [0.15, 0.2) is 47.1 Å². The number of hydrogen-bond acceptors (Lipinski definition) is 4. The smallest absolute Gasteiger partial charge is 0.228 e. The average molecular weight is 380 g/mol. The second kappa shape index (κ2) is 7.80. The number of carbonyl (C=O) groups is 1. The van der Waals surface area contributed by atoms with Crippen LogP contribution in [0.4, 0.5) is 0 Å². The number of rotatable bonds is 6. The number of nitrogens with one attached hydrogen (secondary N) is 1. The molecule has 1 aliphatic heterocycles. The van der Waals surface area contributed by atoms with Gasteiger partial charge in [0.25, 0.3) is 0 Å². The minimum atomic E-state index is -0.102. The maximum Gasteiger partial charge on any atom is 0.228 e. The van der Waals surface area contributed by atoms with Crippen molar-refractivity contribution in [2.45, 2.75) is 32.2 Å². The van der Waals surface area contributed by atoms with E-state index in [9.17, 15) is 4.79 Å². The van der Waals surface area contributed by atoms with E-state index in [1.165, 1.54) is 0 Å². The van der Waals surface area contributed by atoms with Crippen molar-refractivity contribution >= 4 is 16.9 Å². The minimum Gasteiger partial charge on any atom is -0.459 e. The Morgan fingerprint density at radius 1 is 1.39 bits per heavy atom. The number of amides is 1. The van der Waals surface area contributed by atoms with Crippen molar-refractivity contribution in [3.63, 3.8) is 0 Å². The van der Waals surface area contributed by atoms with Gasteiger partial charge in [0, 0.05) is 44.2 Å². The van der Waals surface area contributed by atoms with Gasteiger partial charge in [-0.1, -0.05) is 25.1 Å². The third kappa shape index (κ3) is 3.44. The standard InChI is InChI=1S/C22H28N4O2/c1-4-9-26(15(2)21-10-16-7-5-6-8-20(16)28-21)22(27)19-13-23-12-18(19)17-11-24-25(3)14-17/h5-8,10-11,14-15,18-19,23H,4,9,12-13H2,1-3H3/t15?,18-,19+/m1/s1. The summed E-state index contributed by atoms with van der Waals surface area (Å²) in [6.07, 6.45) is 4.81. The van der Waals surface area contributed by atoms with Crippen LogP contribution >= 0.6 is 0 Å². The van der Waals surface area contributed by atoms with Gasteiger partial charge in [-0.3, -0.25) is 9.48 Å². The van der Waals surface area contributed by atoms with Crippen LogP contribution in [0, 0.1) is 5.92 Å². The number of furan rings is 1. The number of fused-ring (bicyclic) bond motifs is 1. The minimum absolute atomic E-state index is 0.0809. The lowest BCUT2D eigenvalue weighted by Gasteiger charge is -2.31. The van der Waals surface area contributed by atoms with Gasteiger partial charge in [0.1, 0.15) is 11.3 Å². The lowest BCUT2D eigenvalue weighted by molar-refractivity contribution is -0.138. The van der Waals surface area contributed by atoms with Gasteiger partial charge in [-0.25, -0.2) is 0 Å². The predicted molar refractivity (Wildman–Crippen MR) is 109 cm³/mol. The van der Waals surface area contributed by atoms with Crippen molar-refractivity contribution < 1.29 is 9.21 Å². The molecule has 0 bridgehead atoms. The van der Waals surface area contributed by atoms with Gasteiger partial charge in [-0.05, 0) is 31.0 Å². The maximum absolute atomic E-state index is 13.6. The number of para-hydroxylation sites is 1. The molecule has 0 saturated carbocycles. The molecule has 28 heavy (non-hydrogen) atoms. The first kappa shape index (κ1) is 18.7. The summed E-state index contributed by atoms with van der Waals surface area (Å²) in [5.41, 5.74) is 1.99. The SMILES string of the molecule is CCCN(C(=O)[C@H]1CNC[C@@H]1c1cnn(C)c1)C(C)c1cc2ccccc2o1. The van der Waals surface area contributed by atoms with Gasteiger partial charge >= 0.3 is 0 Å². The van der Waals surface area contributed by atoms with Crippen LogP contribution in [0.3, 0.4) is 0 Å². The van der Waals surface area contributed by atoms with Gasteiger partial charge in [0.05, 0.1) is 18.2 Å². The molecule has 1 fully saturated rings. The summed E-state index contributed by atoms with van der Waals surface area (Å²) in [5.74, 6) is 1.10. The molecule has 3 aromatic rings. The van der Waals surface area contributed by atoms with E-state index in [0.29, 0.717) is 13.1 Å². The summed E-state index contributed by atoms with van der Waals surface area (Å²) in [5, 5.41) is 8.77. The Labute approximate surface area is 165 Å². The first-order chi connectivity index (χ1) is 13.6. The third-order valence-electron chi connectivity index (χ3n) is 5.76. The van der Waals surface area contributed by atoms with E-state index in [1.807, 2.05) is 48.6 Å². The van der Waals surface area contributed by atoms with Gasteiger partial charge in [-0.2, -0.15) is 5.10 Å². The third-order valence-corrected chi connectivity index (χ3v) is 5.76. The Bertz CT molecular complexity index is 927.